The van der Waals surface area contributed by atoms with Crippen molar-refractivity contribution in [2.75, 3.05) is 19.5 Å². The van der Waals surface area contributed by atoms with Gasteiger partial charge in [0.05, 0.1) is 24.8 Å². The van der Waals surface area contributed by atoms with E-state index in [0.717, 1.165) is 11.5 Å². The van der Waals surface area contributed by atoms with Gasteiger partial charge in [-0.2, -0.15) is 4.37 Å². The van der Waals surface area contributed by atoms with Gasteiger partial charge in [-0.25, -0.2) is 4.79 Å². The number of carboxylic acid groups (broad SMARTS) is 1. The second kappa shape index (κ2) is 6.00. The zero-order chi connectivity index (χ0) is 17.4. The van der Waals surface area contributed by atoms with Gasteiger partial charge in [-0.15, -0.1) is 0 Å². The number of carboxylic acids is 1. The fraction of sp³-hybridized carbons (Fsp3) is 0.267. The number of fused-ring (bicyclic) bond motifs is 1. The minimum Gasteiger partial charge on any atom is -0.502 e. The van der Waals surface area contributed by atoms with Gasteiger partial charge in [-0.1, -0.05) is 0 Å². The Labute approximate surface area is 140 Å². The lowest BCUT2D eigenvalue weighted by Crippen LogP contribution is -2.23. The third kappa shape index (κ3) is 2.52. The molecule has 1 aromatic carbocycles. The van der Waals surface area contributed by atoms with E-state index in [1.165, 1.54) is 14.2 Å². The molecule has 1 amide bonds. The van der Waals surface area contributed by atoms with Crippen molar-refractivity contribution < 1.29 is 29.3 Å². The van der Waals surface area contributed by atoms with Gasteiger partial charge in [-0.3, -0.25) is 4.79 Å². The third-order valence-corrected chi connectivity index (χ3v) is 4.76. The standard InChI is InChI=1S/C15H14N2O6S/c1-22-8-3-6(4-9(23-2)13(8)19)7-5-10(18)16-11-12(15(20)21)17-24-14(7)11/h3-4,7,19H,5H2,1-2H3,(H,16,18)(H,20,21)/t7-/m0/s1. The maximum absolute atomic E-state index is 12.0. The average Bonchev–Trinajstić information content (AvgIpc) is 2.98. The van der Waals surface area contributed by atoms with Crippen LogP contribution in [0.4, 0.5) is 5.69 Å². The summed E-state index contributed by atoms with van der Waals surface area (Å²) >= 11 is 1.03. The maximum Gasteiger partial charge on any atom is 0.357 e. The number of aromatic hydroxyl groups is 1. The molecule has 2 aromatic rings. The van der Waals surface area contributed by atoms with Gasteiger partial charge in [0.25, 0.3) is 0 Å². The number of phenols is 1. The molecule has 0 spiro atoms. The zero-order valence-electron chi connectivity index (χ0n) is 12.8. The molecule has 3 rings (SSSR count). The molecule has 126 valence electrons. The smallest absolute Gasteiger partial charge is 0.357 e. The lowest BCUT2D eigenvalue weighted by atomic mass is 9.89. The van der Waals surface area contributed by atoms with Gasteiger partial charge in [-0.05, 0) is 29.2 Å². The van der Waals surface area contributed by atoms with Crippen molar-refractivity contribution >= 4 is 29.1 Å². The van der Waals surface area contributed by atoms with Gasteiger partial charge >= 0.3 is 5.97 Å². The van der Waals surface area contributed by atoms with Crippen LogP contribution in [0.25, 0.3) is 0 Å². The van der Waals surface area contributed by atoms with Crippen molar-refractivity contribution in [2.24, 2.45) is 0 Å². The molecule has 0 radical (unpaired) electrons. The van der Waals surface area contributed by atoms with Crippen molar-refractivity contribution in [1.29, 1.82) is 0 Å². The van der Waals surface area contributed by atoms with Crippen molar-refractivity contribution in [3.05, 3.63) is 28.3 Å². The van der Waals surface area contributed by atoms with Crippen LogP contribution < -0.4 is 14.8 Å². The van der Waals surface area contributed by atoms with E-state index in [-0.39, 0.29) is 41.0 Å². The van der Waals surface area contributed by atoms with Crippen LogP contribution in [0.3, 0.4) is 0 Å². The topological polar surface area (TPSA) is 118 Å². The molecule has 0 aliphatic carbocycles. The molecule has 1 atom stereocenters. The molecule has 1 aliphatic heterocycles. The molecule has 0 bridgehead atoms. The summed E-state index contributed by atoms with van der Waals surface area (Å²) < 4.78 is 14.2. The monoisotopic (exact) mass is 350 g/mol. The zero-order valence-corrected chi connectivity index (χ0v) is 13.6. The summed E-state index contributed by atoms with van der Waals surface area (Å²) in [6.07, 6.45) is 0.130. The summed E-state index contributed by atoms with van der Waals surface area (Å²) in [7, 11) is 2.82. The number of benzene rings is 1. The number of methoxy groups -OCH3 is 2. The Morgan fingerprint density at radius 1 is 1.33 bits per heavy atom. The van der Waals surface area contributed by atoms with Crippen molar-refractivity contribution in [3.63, 3.8) is 0 Å². The number of carbonyl (C=O) groups excluding carboxylic acids is 1. The molecule has 8 nitrogen and oxygen atoms in total. The fourth-order valence-electron chi connectivity index (χ4n) is 2.66. The Kier molecular flexibility index (Phi) is 4.02. The van der Waals surface area contributed by atoms with E-state index < -0.39 is 11.9 Å². The molecule has 0 saturated carbocycles. The van der Waals surface area contributed by atoms with Gasteiger partial charge in [0.1, 0.15) is 0 Å². The number of rotatable bonds is 4. The number of aromatic nitrogens is 1. The van der Waals surface area contributed by atoms with Crippen molar-refractivity contribution in [1.82, 2.24) is 4.37 Å². The second-order valence-corrected chi connectivity index (χ2v) is 5.96. The first-order chi connectivity index (χ1) is 11.5. The Hall–Kier alpha value is -2.81. The van der Waals surface area contributed by atoms with E-state index in [9.17, 15) is 19.8 Å². The summed E-state index contributed by atoms with van der Waals surface area (Å²) in [4.78, 5) is 23.9. The number of carbonyl (C=O) groups is 2. The first-order valence-electron chi connectivity index (χ1n) is 6.93. The first-order valence-corrected chi connectivity index (χ1v) is 7.71. The van der Waals surface area contributed by atoms with Crippen LogP contribution in [0.2, 0.25) is 0 Å². The Morgan fingerprint density at radius 2 is 1.96 bits per heavy atom. The van der Waals surface area contributed by atoms with Gasteiger partial charge in [0, 0.05) is 12.3 Å². The van der Waals surface area contributed by atoms with Crippen LogP contribution in [-0.4, -0.2) is 40.7 Å². The van der Waals surface area contributed by atoms with Crippen LogP contribution in [0, 0.1) is 0 Å². The van der Waals surface area contributed by atoms with E-state index in [4.69, 9.17) is 9.47 Å². The molecule has 3 N–H and O–H groups in total. The minimum atomic E-state index is -1.20. The van der Waals surface area contributed by atoms with Gasteiger partial charge < -0.3 is 25.0 Å². The highest BCUT2D eigenvalue weighted by atomic mass is 32.1. The highest BCUT2D eigenvalue weighted by Crippen LogP contribution is 2.46. The van der Waals surface area contributed by atoms with Crippen LogP contribution in [0.1, 0.15) is 33.3 Å². The predicted molar refractivity (Wildman–Crippen MR) is 85.4 cm³/mol. The molecule has 0 saturated heterocycles. The molecule has 24 heavy (non-hydrogen) atoms. The number of nitrogens with zero attached hydrogens (tertiary/aromatic N) is 1. The molecule has 2 heterocycles. The molecule has 1 aromatic heterocycles. The SMILES string of the molecule is COc1cc([C@@H]2CC(=O)Nc3c(C(=O)O)nsc32)cc(OC)c1O. The summed E-state index contributed by atoms with van der Waals surface area (Å²) in [5, 5.41) is 21.8. The second-order valence-electron chi connectivity index (χ2n) is 5.15. The van der Waals surface area contributed by atoms with E-state index >= 15 is 0 Å². The number of hydrogen-bond donors (Lipinski definition) is 3. The lowest BCUT2D eigenvalue weighted by Gasteiger charge is -2.23. The number of amides is 1. The predicted octanol–water partition coefficient (Wildman–Crippen LogP) is 2.04. The fourth-order valence-corrected chi connectivity index (χ4v) is 3.60. The number of ether oxygens (including phenoxy) is 2. The molecule has 0 fully saturated rings. The largest absolute Gasteiger partial charge is 0.502 e. The maximum atomic E-state index is 12.0. The number of nitrogens with one attached hydrogen (secondary N) is 1. The van der Waals surface area contributed by atoms with E-state index in [1.54, 1.807) is 12.1 Å². The Morgan fingerprint density at radius 3 is 2.50 bits per heavy atom. The summed E-state index contributed by atoms with van der Waals surface area (Å²) in [5.74, 6) is -1.63. The molecule has 0 unspecified atom stereocenters. The summed E-state index contributed by atoms with van der Waals surface area (Å²) in [5.41, 5.74) is 0.712. The van der Waals surface area contributed by atoms with Gasteiger partial charge in [0.2, 0.25) is 11.7 Å². The third-order valence-electron chi connectivity index (χ3n) is 3.80. The molecule has 1 aliphatic rings. The highest BCUT2D eigenvalue weighted by molar-refractivity contribution is 7.06. The quantitative estimate of drug-likeness (QED) is 0.772. The van der Waals surface area contributed by atoms with E-state index in [0.29, 0.717) is 10.4 Å². The van der Waals surface area contributed by atoms with Crippen molar-refractivity contribution in [2.45, 2.75) is 12.3 Å². The Balaban J connectivity index is 2.14. The number of anilines is 1. The number of aromatic carboxylic acids is 1. The minimum absolute atomic E-state index is 0.130. The van der Waals surface area contributed by atoms with E-state index in [1.807, 2.05) is 0 Å². The number of hydrogen-bond acceptors (Lipinski definition) is 7. The van der Waals surface area contributed by atoms with Crippen molar-refractivity contribution in [3.8, 4) is 17.2 Å². The van der Waals surface area contributed by atoms with Crippen LogP contribution in [0.15, 0.2) is 12.1 Å². The van der Waals surface area contributed by atoms with Crippen LogP contribution >= 0.6 is 11.5 Å². The number of phenolic OH excluding ortho intramolecular Hbond substituents is 1. The molecular formula is C15H14N2O6S. The van der Waals surface area contributed by atoms with E-state index in [2.05, 4.69) is 9.69 Å². The lowest BCUT2D eigenvalue weighted by molar-refractivity contribution is -0.116. The first kappa shape index (κ1) is 16.1. The highest BCUT2D eigenvalue weighted by Gasteiger charge is 2.34. The summed E-state index contributed by atoms with van der Waals surface area (Å²) in [6, 6.07) is 3.20. The average molecular weight is 350 g/mol. The van der Waals surface area contributed by atoms with Gasteiger partial charge in [0.15, 0.2) is 17.2 Å². The van der Waals surface area contributed by atoms with Crippen LogP contribution in [0.5, 0.6) is 17.2 Å². The molecular weight excluding hydrogens is 336 g/mol. The molecule has 9 heteroatoms. The summed E-state index contributed by atoms with van der Waals surface area (Å²) in [6.45, 7) is 0. The van der Waals surface area contributed by atoms with Crippen LogP contribution in [-0.2, 0) is 4.79 Å². The normalized spacial score (nSPS) is 16.2. The Bertz CT molecular complexity index is 806.